The lowest BCUT2D eigenvalue weighted by Gasteiger charge is -2.04. The molecule has 0 aliphatic heterocycles. The van der Waals surface area contributed by atoms with Crippen molar-refractivity contribution in [1.82, 2.24) is 5.32 Å². The molecule has 0 atom stereocenters. The first-order valence-electron chi connectivity index (χ1n) is 5.23. The molecule has 1 nitrogen and oxygen atoms in total. The van der Waals surface area contributed by atoms with Crippen molar-refractivity contribution >= 4 is 22.9 Å². The summed E-state index contributed by atoms with van der Waals surface area (Å²) in [6.07, 6.45) is 0. The molecule has 0 saturated heterocycles. The average molecular weight is 252 g/mol. The summed E-state index contributed by atoms with van der Waals surface area (Å²) in [5.41, 5.74) is 2.63. The minimum atomic E-state index is 0.831. The third kappa shape index (κ3) is 3.34. The minimum absolute atomic E-state index is 0.831. The second-order valence-electron chi connectivity index (χ2n) is 3.82. The molecule has 0 aliphatic carbocycles. The van der Waals surface area contributed by atoms with Crippen LogP contribution in [0.25, 0.3) is 0 Å². The maximum atomic E-state index is 5.86. The summed E-state index contributed by atoms with van der Waals surface area (Å²) in [5.74, 6) is 0. The first kappa shape index (κ1) is 11.6. The van der Waals surface area contributed by atoms with Crippen LogP contribution in [-0.2, 0) is 13.1 Å². The van der Waals surface area contributed by atoms with Gasteiger partial charge in [0.15, 0.2) is 0 Å². The Hall–Kier alpha value is -0.830. The van der Waals surface area contributed by atoms with Crippen LogP contribution in [0.2, 0.25) is 5.02 Å². The van der Waals surface area contributed by atoms with E-state index in [2.05, 4.69) is 36.5 Å². The second kappa shape index (κ2) is 5.48. The van der Waals surface area contributed by atoms with Gasteiger partial charge in [-0.2, -0.15) is 0 Å². The first-order valence-corrected chi connectivity index (χ1v) is 6.49. The highest BCUT2D eigenvalue weighted by molar-refractivity contribution is 7.10. The summed E-state index contributed by atoms with van der Waals surface area (Å²) >= 11 is 7.55. The minimum Gasteiger partial charge on any atom is -0.308 e. The Balaban J connectivity index is 1.84. The third-order valence-corrected chi connectivity index (χ3v) is 3.62. The molecule has 2 rings (SSSR count). The fraction of sp³-hybridized carbons (Fsp3) is 0.231. The molecule has 0 bridgehead atoms. The molecule has 0 saturated carbocycles. The molecular formula is C13H14ClNS. The zero-order valence-electron chi connectivity index (χ0n) is 9.16. The van der Waals surface area contributed by atoms with Crippen LogP contribution in [0, 0.1) is 6.92 Å². The van der Waals surface area contributed by atoms with Crippen molar-refractivity contribution in [3.05, 3.63) is 56.7 Å². The number of hydrogen-bond acceptors (Lipinski definition) is 2. The molecular weight excluding hydrogens is 238 g/mol. The van der Waals surface area contributed by atoms with E-state index in [0.717, 1.165) is 18.1 Å². The molecule has 0 amide bonds. The first-order chi connectivity index (χ1) is 7.74. The summed E-state index contributed by atoms with van der Waals surface area (Å²) in [5, 5.41) is 6.20. The average Bonchev–Trinajstić information content (AvgIpc) is 2.64. The predicted molar refractivity (Wildman–Crippen MR) is 71.1 cm³/mol. The highest BCUT2D eigenvalue weighted by atomic mass is 35.5. The monoisotopic (exact) mass is 251 g/mol. The topological polar surface area (TPSA) is 12.0 Å². The lowest BCUT2D eigenvalue weighted by Crippen LogP contribution is -2.11. The molecule has 1 aromatic carbocycles. The van der Waals surface area contributed by atoms with Crippen LogP contribution in [0.3, 0.4) is 0 Å². The Kier molecular flexibility index (Phi) is 3.99. The van der Waals surface area contributed by atoms with Gasteiger partial charge in [0.2, 0.25) is 0 Å². The molecule has 1 N–H and O–H groups in total. The number of nitrogens with one attached hydrogen (secondary N) is 1. The van der Waals surface area contributed by atoms with Gasteiger partial charge in [-0.25, -0.2) is 0 Å². The SMILES string of the molecule is Cc1cccc(CNCc2cc(Cl)cs2)c1. The number of halogens is 1. The molecule has 2 aromatic rings. The van der Waals surface area contributed by atoms with Gasteiger partial charge in [-0.05, 0) is 18.6 Å². The van der Waals surface area contributed by atoms with E-state index in [1.807, 2.05) is 11.4 Å². The van der Waals surface area contributed by atoms with Crippen molar-refractivity contribution in [2.45, 2.75) is 20.0 Å². The number of benzene rings is 1. The molecule has 0 radical (unpaired) electrons. The van der Waals surface area contributed by atoms with Gasteiger partial charge in [0.1, 0.15) is 0 Å². The number of aryl methyl sites for hydroxylation is 1. The van der Waals surface area contributed by atoms with Gasteiger partial charge >= 0.3 is 0 Å². The second-order valence-corrected chi connectivity index (χ2v) is 5.26. The molecule has 1 heterocycles. The lowest BCUT2D eigenvalue weighted by molar-refractivity contribution is 0.700. The number of rotatable bonds is 4. The van der Waals surface area contributed by atoms with Crippen molar-refractivity contribution in [3.8, 4) is 0 Å². The van der Waals surface area contributed by atoms with Gasteiger partial charge in [0, 0.05) is 23.3 Å². The maximum absolute atomic E-state index is 5.86. The molecule has 0 spiro atoms. The molecule has 3 heteroatoms. The quantitative estimate of drug-likeness (QED) is 0.866. The van der Waals surface area contributed by atoms with E-state index < -0.39 is 0 Å². The van der Waals surface area contributed by atoms with Crippen LogP contribution in [-0.4, -0.2) is 0 Å². The molecule has 1 aromatic heterocycles. The van der Waals surface area contributed by atoms with Crippen molar-refractivity contribution in [2.75, 3.05) is 0 Å². The van der Waals surface area contributed by atoms with Crippen molar-refractivity contribution in [3.63, 3.8) is 0 Å². The van der Waals surface area contributed by atoms with Crippen molar-refractivity contribution in [1.29, 1.82) is 0 Å². The zero-order chi connectivity index (χ0) is 11.4. The van der Waals surface area contributed by atoms with E-state index in [9.17, 15) is 0 Å². The van der Waals surface area contributed by atoms with Crippen molar-refractivity contribution < 1.29 is 0 Å². The Labute approximate surface area is 105 Å². The lowest BCUT2D eigenvalue weighted by atomic mass is 10.1. The van der Waals surface area contributed by atoms with Crippen LogP contribution >= 0.6 is 22.9 Å². The number of hydrogen-bond donors (Lipinski definition) is 1. The van der Waals surface area contributed by atoms with E-state index in [4.69, 9.17) is 11.6 Å². The summed E-state index contributed by atoms with van der Waals surface area (Å²) in [6, 6.07) is 10.6. The standard InChI is InChI=1S/C13H14ClNS/c1-10-3-2-4-11(5-10)7-15-8-13-6-12(14)9-16-13/h2-6,9,15H,7-8H2,1H3. The molecule has 0 fully saturated rings. The number of thiophene rings is 1. The summed E-state index contributed by atoms with van der Waals surface area (Å²) in [7, 11) is 0. The van der Waals surface area contributed by atoms with Gasteiger partial charge in [0.25, 0.3) is 0 Å². The molecule has 0 unspecified atom stereocenters. The Morgan fingerprint density at radius 1 is 1.25 bits per heavy atom. The van der Waals surface area contributed by atoms with Gasteiger partial charge < -0.3 is 5.32 Å². The predicted octanol–water partition coefficient (Wildman–Crippen LogP) is 4.00. The summed E-state index contributed by atoms with van der Waals surface area (Å²) < 4.78 is 0. The van der Waals surface area contributed by atoms with Gasteiger partial charge in [-0.3, -0.25) is 0 Å². The third-order valence-electron chi connectivity index (χ3n) is 2.33. The van der Waals surface area contributed by atoms with Crippen LogP contribution in [0.1, 0.15) is 16.0 Å². The fourth-order valence-corrected chi connectivity index (χ4v) is 2.64. The van der Waals surface area contributed by atoms with Crippen LogP contribution in [0.4, 0.5) is 0 Å². The van der Waals surface area contributed by atoms with Gasteiger partial charge in [-0.15, -0.1) is 11.3 Å². The summed E-state index contributed by atoms with van der Waals surface area (Å²) in [4.78, 5) is 1.28. The Morgan fingerprint density at radius 2 is 2.12 bits per heavy atom. The normalized spacial score (nSPS) is 10.6. The van der Waals surface area contributed by atoms with E-state index in [1.54, 1.807) is 11.3 Å². The highest BCUT2D eigenvalue weighted by Gasteiger charge is 1.97. The molecule has 16 heavy (non-hydrogen) atoms. The largest absolute Gasteiger partial charge is 0.308 e. The summed E-state index contributed by atoms with van der Waals surface area (Å²) in [6.45, 7) is 3.89. The molecule has 84 valence electrons. The Bertz CT molecular complexity index is 464. The van der Waals surface area contributed by atoms with Crippen LogP contribution < -0.4 is 5.32 Å². The van der Waals surface area contributed by atoms with Crippen molar-refractivity contribution in [2.24, 2.45) is 0 Å². The van der Waals surface area contributed by atoms with E-state index in [-0.39, 0.29) is 0 Å². The zero-order valence-corrected chi connectivity index (χ0v) is 10.7. The Morgan fingerprint density at radius 3 is 2.81 bits per heavy atom. The van der Waals surface area contributed by atoms with Gasteiger partial charge in [-0.1, -0.05) is 41.4 Å². The van der Waals surface area contributed by atoms with E-state index >= 15 is 0 Å². The highest BCUT2D eigenvalue weighted by Crippen LogP contribution is 2.18. The fourth-order valence-electron chi connectivity index (χ4n) is 1.60. The van der Waals surface area contributed by atoms with E-state index in [0.29, 0.717) is 0 Å². The van der Waals surface area contributed by atoms with Gasteiger partial charge in [0.05, 0.1) is 5.02 Å². The molecule has 0 aliphatic rings. The van der Waals surface area contributed by atoms with E-state index in [1.165, 1.54) is 16.0 Å². The van der Waals surface area contributed by atoms with Crippen LogP contribution in [0.5, 0.6) is 0 Å². The van der Waals surface area contributed by atoms with Crippen LogP contribution in [0.15, 0.2) is 35.7 Å². The maximum Gasteiger partial charge on any atom is 0.0516 e. The smallest absolute Gasteiger partial charge is 0.0516 e.